The molecule has 0 saturated carbocycles. The van der Waals surface area contributed by atoms with Gasteiger partial charge in [-0.25, -0.2) is 4.79 Å². The average Bonchev–Trinajstić information content (AvgIpc) is 2.72. The van der Waals surface area contributed by atoms with Crippen molar-refractivity contribution in [3.63, 3.8) is 0 Å². The lowest BCUT2D eigenvalue weighted by atomic mass is 9.84. The van der Waals surface area contributed by atoms with Crippen LogP contribution in [-0.2, 0) is 9.53 Å². The molecule has 1 aliphatic rings. The number of nitrogens with one attached hydrogen (secondary N) is 2. The molecule has 0 aromatic carbocycles. The second-order valence-corrected chi connectivity index (χ2v) is 6.18. The Hall–Kier alpha value is -1.30. The van der Waals surface area contributed by atoms with E-state index >= 15 is 0 Å². The van der Waals surface area contributed by atoms with Crippen LogP contribution in [0, 0.1) is 5.41 Å². The van der Waals surface area contributed by atoms with Crippen LogP contribution in [0.1, 0.15) is 46.5 Å². The van der Waals surface area contributed by atoms with Gasteiger partial charge < -0.3 is 20.5 Å². The van der Waals surface area contributed by atoms with Crippen molar-refractivity contribution in [1.82, 2.24) is 10.6 Å². The maximum Gasteiger partial charge on any atom is 0.315 e. The van der Waals surface area contributed by atoms with Crippen LogP contribution >= 0.6 is 0 Å². The molecule has 1 aliphatic heterocycles. The summed E-state index contributed by atoms with van der Waals surface area (Å²) in [6.07, 6.45) is 2.44. The van der Waals surface area contributed by atoms with E-state index < -0.39 is 5.97 Å². The molecule has 1 rings (SSSR count). The van der Waals surface area contributed by atoms with Crippen molar-refractivity contribution in [2.24, 2.45) is 5.41 Å². The smallest absolute Gasteiger partial charge is 0.315 e. The highest BCUT2D eigenvalue weighted by Crippen LogP contribution is 2.25. The number of ether oxygens (including phenoxy) is 1. The Balaban J connectivity index is 2.19. The predicted molar refractivity (Wildman–Crippen MR) is 75.6 cm³/mol. The third kappa shape index (κ3) is 6.23. The van der Waals surface area contributed by atoms with Crippen LogP contribution in [0.25, 0.3) is 0 Å². The fraction of sp³-hybridized carbons (Fsp3) is 0.857. The molecule has 116 valence electrons. The summed E-state index contributed by atoms with van der Waals surface area (Å²) < 4.78 is 5.38. The topological polar surface area (TPSA) is 87.7 Å². The molecule has 3 N–H and O–H groups in total. The van der Waals surface area contributed by atoms with Gasteiger partial charge in [0, 0.05) is 19.6 Å². The van der Waals surface area contributed by atoms with Crippen LogP contribution in [0.2, 0.25) is 0 Å². The summed E-state index contributed by atoms with van der Waals surface area (Å²) in [5.41, 5.74) is -0.0879. The van der Waals surface area contributed by atoms with Crippen molar-refractivity contribution in [1.29, 1.82) is 0 Å². The lowest BCUT2D eigenvalue weighted by Crippen LogP contribution is -2.45. The summed E-state index contributed by atoms with van der Waals surface area (Å²) in [6.45, 7) is 7.21. The number of rotatable bonds is 7. The Morgan fingerprint density at radius 3 is 2.60 bits per heavy atom. The van der Waals surface area contributed by atoms with Crippen LogP contribution in [0.15, 0.2) is 0 Å². The lowest BCUT2D eigenvalue weighted by molar-refractivity contribution is -0.137. The number of carbonyl (C=O) groups excluding carboxylic acids is 1. The molecule has 1 fully saturated rings. The first-order valence-electron chi connectivity index (χ1n) is 7.18. The number of carboxylic acid groups (broad SMARTS) is 1. The Morgan fingerprint density at radius 1 is 1.35 bits per heavy atom. The van der Waals surface area contributed by atoms with Gasteiger partial charge in [0.05, 0.1) is 12.1 Å². The quantitative estimate of drug-likeness (QED) is 0.665. The highest BCUT2D eigenvalue weighted by Gasteiger charge is 2.25. The van der Waals surface area contributed by atoms with Gasteiger partial charge in [0.15, 0.2) is 0 Å². The fourth-order valence-corrected chi connectivity index (χ4v) is 2.23. The molecule has 2 unspecified atom stereocenters. The molecule has 2 amide bonds. The van der Waals surface area contributed by atoms with E-state index in [1.54, 1.807) is 0 Å². The van der Waals surface area contributed by atoms with Gasteiger partial charge in [0.1, 0.15) is 0 Å². The Bertz CT molecular complexity index is 344. The highest BCUT2D eigenvalue weighted by molar-refractivity contribution is 5.74. The number of amides is 2. The van der Waals surface area contributed by atoms with Gasteiger partial charge >= 0.3 is 12.0 Å². The van der Waals surface area contributed by atoms with Crippen molar-refractivity contribution in [2.75, 3.05) is 13.2 Å². The minimum absolute atomic E-state index is 0.0627. The molecule has 6 nitrogen and oxygen atoms in total. The molecule has 0 bridgehead atoms. The van der Waals surface area contributed by atoms with Gasteiger partial charge in [-0.1, -0.05) is 13.8 Å². The summed E-state index contributed by atoms with van der Waals surface area (Å²) in [5.74, 6) is -0.779. The van der Waals surface area contributed by atoms with E-state index in [-0.39, 0.29) is 30.0 Å². The highest BCUT2D eigenvalue weighted by atomic mass is 16.5. The maximum absolute atomic E-state index is 11.7. The van der Waals surface area contributed by atoms with Gasteiger partial charge in [0.25, 0.3) is 0 Å². The largest absolute Gasteiger partial charge is 0.481 e. The zero-order valence-corrected chi connectivity index (χ0v) is 12.6. The zero-order chi connectivity index (χ0) is 15.2. The molecule has 2 atom stereocenters. The van der Waals surface area contributed by atoms with Gasteiger partial charge in [-0.05, 0) is 31.6 Å². The van der Waals surface area contributed by atoms with E-state index in [1.807, 2.05) is 20.8 Å². The monoisotopic (exact) mass is 286 g/mol. The molecule has 0 aliphatic carbocycles. The van der Waals surface area contributed by atoms with Gasteiger partial charge in [0.2, 0.25) is 0 Å². The Morgan fingerprint density at radius 2 is 2.05 bits per heavy atom. The molecule has 0 aromatic heterocycles. The predicted octanol–water partition coefficient (Wildman–Crippen LogP) is 1.74. The molecule has 0 radical (unpaired) electrons. The SMILES string of the molecule is CC1OCCC1NC(=O)NCCC(C)(C)CCC(=O)O. The van der Waals surface area contributed by atoms with E-state index in [0.29, 0.717) is 19.6 Å². The van der Waals surface area contributed by atoms with Gasteiger partial charge in [-0.2, -0.15) is 0 Å². The first kappa shape index (κ1) is 16.8. The molecule has 0 aromatic rings. The Kier molecular flexibility index (Phi) is 6.26. The van der Waals surface area contributed by atoms with E-state index in [0.717, 1.165) is 12.8 Å². The fourth-order valence-electron chi connectivity index (χ4n) is 2.23. The van der Waals surface area contributed by atoms with Crippen molar-refractivity contribution in [2.45, 2.75) is 58.6 Å². The lowest BCUT2D eigenvalue weighted by Gasteiger charge is -2.24. The van der Waals surface area contributed by atoms with Gasteiger partial charge in [-0.3, -0.25) is 4.79 Å². The minimum Gasteiger partial charge on any atom is -0.481 e. The van der Waals surface area contributed by atoms with E-state index in [2.05, 4.69) is 10.6 Å². The van der Waals surface area contributed by atoms with E-state index in [4.69, 9.17) is 9.84 Å². The van der Waals surface area contributed by atoms with Crippen LogP contribution in [0.5, 0.6) is 0 Å². The maximum atomic E-state index is 11.7. The number of aliphatic carboxylic acids is 1. The summed E-state index contributed by atoms with van der Waals surface area (Å²) in [7, 11) is 0. The second kappa shape index (κ2) is 7.47. The molecule has 0 spiro atoms. The standard InChI is InChI=1S/C14H26N2O4/c1-10-11(5-9-20-10)16-13(19)15-8-7-14(2,3)6-4-12(17)18/h10-11H,4-9H2,1-3H3,(H,17,18)(H2,15,16,19). The summed E-state index contributed by atoms with van der Waals surface area (Å²) in [5, 5.41) is 14.4. The van der Waals surface area contributed by atoms with Crippen LogP contribution in [0.3, 0.4) is 0 Å². The van der Waals surface area contributed by atoms with Crippen molar-refractivity contribution in [3.8, 4) is 0 Å². The number of hydrogen-bond donors (Lipinski definition) is 3. The molecule has 1 saturated heterocycles. The molecule has 20 heavy (non-hydrogen) atoms. The minimum atomic E-state index is -0.779. The molecule has 6 heteroatoms. The normalized spacial score (nSPS) is 22.6. The van der Waals surface area contributed by atoms with Crippen molar-refractivity contribution < 1.29 is 19.4 Å². The number of carboxylic acids is 1. The third-order valence-corrected chi connectivity index (χ3v) is 3.80. The molecule has 1 heterocycles. The summed E-state index contributed by atoms with van der Waals surface area (Å²) in [4.78, 5) is 22.3. The summed E-state index contributed by atoms with van der Waals surface area (Å²) in [6, 6.07) is -0.101. The Labute approximate surface area is 120 Å². The van der Waals surface area contributed by atoms with Gasteiger partial charge in [-0.15, -0.1) is 0 Å². The number of carbonyl (C=O) groups is 2. The van der Waals surface area contributed by atoms with E-state index in [1.165, 1.54) is 0 Å². The third-order valence-electron chi connectivity index (χ3n) is 3.80. The summed E-state index contributed by atoms with van der Waals surface area (Å²) >= 11 is 0. The van der Waals surface area contributed by atoms with Crippen LogP contribution < -0.4 is 10.6 Å². The number of hydrogen-bond acceptors (Lipinski definition) is 3. The van der Waals surface area contributed by atoms with E-state index in [9.17, 15) is 9.59 Å². The van der Waals surface area contributed by atoms with Crippen molar-refractivity contribution in [3.05, 3.63) is 0 Å². The second-order valence-electron chi connectivity index (χ2n) is 6.18. The first-order chi connectivity index (χ1) is 9.30. The first-order valence-corrected chi connectivity index (χ1v) is 7.18. The number of urea groups is 1. The zero-order valence-electron chi connectivity index (χ0n) is 12.6. The molecular formula is C14H26N2O4. The van der Waals surface area contributed by atoms with Crippen LogP contribution in [-0.4, -0.2) is 42.4 Å². The van der Waals surface area contributed by atoms with Crippen molar-refractivity contribution >= 4 is 12.0 Å². The average molecular weight is 286 g/mol. The molecular weight excluding hydrogens is 260 g/mol. The van der Waals surface area contributed by atoms with Crippen LogP contribution in [0.4, 0.5) is 4.79 Å².